The van der Waals surface area contributed by atoms with Crippen molar-refractivity contribution in [2.24, 2.45) is 0 Å². The molecule has 1 heterocycles. The lowest BCUT2D eigenvalue weighted by molar-refractivity contribution is -0.869. The lowest BCUT2D eigenvalue weighted by atomic mass is 10.4. The highest BCUT2D eigenvalue weighted by atomic mass is 79.9. The first-order chi connectivity index (χ1) is 6.09. The fraction of sp³-hybridized carbons (Fsp3) is 0.333. The molecule has 0 saturated carbocycles. The van der Waals surface area contributed by atoms with Crippen LogP contribution in [0.25, 0.3) is 0 Å². The molecule has 1 rings (SSSR count). The molecule has 0 fully saturated rings. The third-order valence-corrected chi connectivity index (χ3v) is 1.53. The molecule has 1 aromatic heterocycles. The molecule has 0 amide bonds. The van der Waals surface area contributed by atoms with Crippen molar-refractivity contribution in [3.63, 3.8) is 0 Å². The van der Waals surface area contributed by atoms with Gasteiger partial charge in [-0.2, -0.15) is 4.84 Å². The number of hydrogen-bond acceptors (Lipinski definition) is 3. The van der Waals surface area contributed by atoms with Crippen LogP contribution >= 0.6 is 0 Å². The highest BCUT2D eigenvalue weighted by Gasteiger charge is 2.05. The summed E-state index contributed by atoms with van der Waals surface area (Å²) in [6.07, 6.45) is 3.38. The van der Waals surface area contributed by atoms with E-state index in [0.717, 1.165) is 5.69 Å². The number of aromatic nitrogens is 1. The molecule has 0 radical (unpaired) electrons. The topological polar surface area (TPSA) is 33.4 Å². The fourth-order valence-corrected chi connectivity index (χ4v) is 0.912. The molecule has 0 aliphatic rings. The average Bonchev–Trinajstić information content (AvgIpc) is 2.04. The maximum atomic E-state index is 10.6. The third-order valence-electron chi connectivity index (χ3n) is 1.53. The third kappa shape index (κ3) is 3.74. The minimum atomic E-state index is -0.331. The monoisotopic (exact) mass is 260 g/mol. The number of pyridine rings is 1. The Bertz CT molecular complexity index is 298. The van der Waals surface area contributed by atoms with Crippen LogP contribution in [0, 0.1) is 0 Å². The van der Waals surface area contributed by atoms with Crippen LogP contribution in [0.15, 0.2) is 24.5 Å². The summed E-state index contributed by atoms with van der Waals surface area (Å²) in [5.74, 6) is -0.331. The van der Waals surface area contributed by atoms with Gasteiger partial charge in [-0.05, 0) is 0 Å². The predicted octanol–water partition coefficient (Wildman–Crippen LogP) is -2.98. The van der Waals surface area contributed by atoms with E-state index in [1.165, 1.54) is 11.7 Å². The SMILES string of the molecule is CC(=O)O[n+]1ccc(N(C)C)cc1.[Br-]. The van der Waals surface area contributed by atoms with Crippen LogP contribution in [0.3, 0.4) is 0 Å². The van der Waals surface area contributed by atoms with Crippen molar-refractivity contribution in [3.05, 3.63) is 24.5 Å². The first-order valence-corrected chi connectivity index (χ1v) is 3.97. The zero-order valence-electron chi connectivity index (χ0n) is 8.40. The number of nitrogens with zero attached hydrogens (tertiary/aromatic N) is 2. The molecule has 0 saturated heterocycles. The predicted molar refractivity (Wildman–Crippen MR) is 48.2 cm³/mol. The molecule has 5 heteroatoms. The van der Waals surface area contributed by atoms with Gasteiger partial charge in [0.05, 0.1) is 0 Å². The van der Waals surface area contributed by atoms with Crippen molar-refractivity contribution >= 4 is 11.7 Å². The first kappa shape index (κ1) is 12.9. The smallest absolute Gasteiger partial charge is 0.377 e. The molecule has 0 atom stereocenters. The minimum Gasteiger partial charge on any atom is -1.00 e. The van der Waals surface area contributed by atoms with Crippen LogP contribution < -0.4 is 31.4 Å². The summed E-state index contributed by atoms with van der Waals surface area (Å²) in [4.78, 5) is 17.4. The van der Waals surface area contributed by atoms with Gasteiger partial charge < -0.3 is 21.9 Å². The van der Waals surface area contributed by atoms with E-state index >= 15 is 0 Å². The summed E-state index contributed by atoms with van der Waals surface area (Å²) in [6, 6.07) is 3.73. The number of anilines is 1. The van der Waals surface area contributed by atoms with Gasteiger partial charge in [-0.25, -0.2) is 4.79 Å². The lowest BCUT2D eigenvalue weighted by Crippen LogP contribution is -3.00. The van der Waals surface area contributed by atoms with E-state index in [9.17, 15) is 4.79 Å². The Hall–Kier alpha value is -1.10. The van der Waals surface area contributed by atoms with Gasteiger partial charge in [-0.15, -0.1) is 0 Å². The van der Waals surface area contributed by atoms with E-state index in [-0.39, 0.29) is 23.0 Å². The van der Waals surface area contributed by atoms with E-state index in [2.05, 4.69) is 0 Å². The van der Waals surface area contributed by atoms with Crippen molar-refractivity contribution in [1.82, 2.24) is 0 Å². The second kappa shape index (κ2) is 5.59. The van der Waals surface area contributed by atoms with Gasteiger partial charge in [0.1, 0.15) is 0 Å². The molecular weight excluding hydrogens is 248 g/mol. The first-order valence-electron chi connectivity index (χ1n) is 3.97. The molecule has 0 aromatic carbocycles. The van der Waals surface area contributed by atoms with E-state index in [1.54, 1.807) is 12.4 Å². The number of carbonyl (C=O) groups excluding carboxylic acids is 1. The molecule has 0 unspecified atom stereocenters. The Labute approximate surface area is 93.8 Å². The summed E-state index contributed by atoms with van der Waals surface area (Å²) in [5, 5.41) is 0. The normalized spacial score (nSPS) is 8.79. The van der Waals surface area contributed by atoms with Gasteiger partial charge in [-0.1, -0.05) is 0 Å². The molecule has 0 spiro atoms. The van der Waals surface area contributed by atoms with Gasteiger partial charge in [0, 0.05) is 43.6 Å². The molecule has 78 valence electrons. The Balaban J connectivity index is 0.00000169. The standard InChI is InChI=1S/C9H13N2O2.BrH/c1-8(12)13-11-6-4-9(5-7-11)10(2)3;/h4-7H,1-3H3;1H/q+1;/p-1. The molecule has 0 bridgehead atoms. The molecule has 0 aliphatic carbocycles. The summed E-state index contributed by atoms with van der Waals surface area (Å²) >= 11 is 0. The maximum Gasteiger partial charge on any atom is 0.377 e. The van der Waals surface area contributed by atoms with Gasteiger partial charge in [0.15, 0.2) is 0 Å². The van der Waals surface area contributed by atoms with Crippen LogP contribution in [0.4, 0.5) is 5.69 Å². The molecule has 4 nitrogen and oxygen atoms in total. The van der Waals surface area contributed by atoms with E-state index in [0.29, 0.717) is 0 Å². The molecule has 0 N–H and O–H groups in total. The van der Waals surface area contributed by atoms with Crippen molar-refractivity contribution in [2.75, 3.05) is 19.0 Å². The van der Waals surface area contributed by atoms with Crippen LogP contribution in [-0.4, -0.2) is 20.1 Å². The van der Waals surface area contributed by atoms with Crippen molar-refractivity contribution < 1.29 is 31.3 Å². The van der Waals surface area contributed by atoms with Crippen LogP contribution in [0.2, 0.25) is 0 Å². The summed E-state index contributed by atoms with van der Waals surface area (Å²) in [5.41, 5.74) is 1.06. The second-order valence-corrected chi connectivity index (χ2v) is 2.89. The number of halogens is 1. The quantitative estimate of drug-likeness (QED) is 0.533. The number of hydrogen-bond donors (Lipinski definition) is 0. The number of rotatable bonds is 2. The summed E-state index contributed by atoms with van der Waals surface area (Å²) in [7, 11) is 3.90. The van der Waals surface area contributed by atoms with Crippen LogP contribution in [0.1, 0.15) is 6.92 Å². The van der Waals surface area contributed by atoms with Crippen molar-refractivity contribution in [2.45, 2.75) is 6.92 Å². The van der Waals surface area contributed by atoms with E-state index in [4.69, 9.17) is 4.84 Å². The van der Waals surface area contributed by atoms with Crippen LogP contribution in [-0.2, 0) is 4.79 Å². The molecule has 0 aliphatic heterocycles. The Morgan fingerprint density at radius 2 is 1.86 bits per heavy atom. The van der Waals surface area contributed by atoms with Crippen LogP contribution in [0.5, 0.6) is 0 Å². The maximum absolute atomic E-state index is 10.6. The van der Waals surface area contributed by atoms with Crippen molar-refractivity contribution in [1.29, 1.82) is 0 Å². The molecular formula is C9H13BrN2O2. The minimum absolute atomic E-state index is 0. The zero-order valence-corrected chi connectivity index (χ0v) is 9.98. The summed E-state index contributed by atoms with van der Waals surface area (Å²) in [6.45, 7) is 1.37. The second-order valence-electron chi connectivity index (χ2n) is 2.89. The highest BCUT2D eigenvalue weighted by Crippen LogP contribution is 2.05. The largest absolute Gasteiger partial charge is 1.00 e. The van der Waals surface area contributed by atoms with E-state index < -0.39 is 0 Å². The number of carbonyl (C=O) groups is 1. The fourth-order valence-electron chi connectivity index (χ4n) is 0.912. The average molecular weight is 261 g/mol. The van der Waals surface area contributed by atoms with Gasteiger partial charge in [0.25, 0.3) is 0 Å². The van der Waals surface area contributed by atoms with E-state index in [1.807, 2.05) is 31.1 Å². The molecule has 14 heavy (non-hydrogen) atoms. The highest BCUT2D eigenvalue weighted by molar-refractivity contribution is 5.65. The Morgan fingerprint density at radius 3 is 2.21 bits per heavy atom. The van der Waals surface area contributed by atoms with Gasteiger partial charge in [0.2, 0.25) is 12.4 Å². The molecule has 1 aromatic rings. The van der Waals surface area contributed by atoms with Crippen molar-refractivity contribution in [3.8, 4) is 0 Å². The Kier molecular flexibility index (Phi) is 5.15. The van der Waals surface area contributed by atoms with Gasteiger partial charge >= 0.3 is 5.97 Å². The summed E-state index contributed by atoms with van der Waals surface area (Å²) < 4.78 is 1.37. The lowest BCUT2D eigenvalue weighted by Gasteiger charge is -2.09. The van der Waals surface area contributed by atoms with Gasteiger partial charge in [-0.3, -0.25) is 0 Å². The zero-order chi connectivity index (χ0) is 9.84. The Morgan fingerprint density at radius 1 is 1.36 bits per heavy atom.